The van der Waals surface area contributed by atoms with Crippen LogP contribution in [0.1, 0.15) is 14.7 Å². The molecule has 0 unspecified atom stereocenters. The molecule has 0 rings (SSSR count). The van der Waals surface area contributed by atoms with Crippen LogP contribution in [0.25, 0.3) is 0 Å². The van der Waals surface area contributed by atoms with Crippen molar-refractivity contribution in [3.63, 3.8) is 0 Å². The van der Waals surface area contributed by atoms with Gasteiger partial charge in [0.25, 0.3) is 0 Å². The lowest BCUT2D eigenvalue weighted by atomic mass is 10.6. The maximum atomic E-state index is 6.41. The van der Waals surface area contributed by atoms with E-state index in [2.05, 4.69) is 0 Å². The molecule has 1 N–H and O–H groups in total. The van der Waals surface area contributed by atoms with E-state index in [9.17, 15) is 0 Å². The first-order chi connectivity index (χ1) is 2.27. The number of hydrogen-bond acceptors (Lipinski definition) is 1. The molecule has 0 heterocycles. The van der Waals surface area contributed by atoms with Gasteiger partial charge in [0.2, 0.25) is 0 Å². The van der Waals surface area contributed by atoms with Gasteiger partial charge in [0.1, 0.15) is 0 Å². The Balaban J connectivity index is 2.85. The summed E-state index contributed by atoms with van der Waals surface area (Å²) in [6, 6.07) is 0. The highest BCUT2D eigenvalue weighted by atomic mass is 14.3. The van der Waals surface area contributed by atoms with E-state index in [0.717, 1.165) is 0 Å². The van der Waals surface area contributed by atoms with Gasteiger partial charge < -0.3 is 5.41 Å². The standard InChI is InChI=1S/C3H7N/c1-2-3-4/h3-4H,2H2,1H3/i3D. The summed E-state index contributed by atoms with van der Waals surface area (Å²) in [7, 11) is 0. The Morgan fingerprint density at radius 1 is 2.50 bits per heavy atom. The van der Waals surface area contributed by atoms with Gasteiger partial charge in [0.05, 0.1) is 1.37 Å². The minimum absolute atomic E-state index is 0.00463. The summed E-state index contributed by atoms with van der Waals surface area (Å²) < 4.78 is 6.41. The van der Waals surface area contributed by atoms with Crippen LogP contribution in [0.5, 0.6) is 0 Å². The fourth-order valence-electron chi connectivity index (χ4n) is 0. The monoisotopic (exact) mass is 58.1 g/mol. The van der Waals surface area contributed by atoms with Crippen molar-refractivity contribution in [3.8, 4) is 0 Å². The van der Waals surface area contributed by atoms with Crippen LogP contribution in [-0.2, 0) is 0 Å². The summed E-state index contributed by atoms with van der Waals surface area (Å²) in [6.07, 6.45) is 0.560. The van der Waals surface area contributed by atoms with E-state index in [4.69, 9.17) is 6.78 Å². The molecule has 0 aromatic rings. The average Bonchev–Trinajstić information content (AvgIpc) is 1.38. The largest absolute Gasteiger partial charge is 0.313 e. The van der Waals surface area contributed by atoms with E-state index < -0.39 is 0 Å². The van der Waals surface area contributed by atoms with E-state index in [1.54, 1.807) is 6.92 Å². The molecule has 0 spiro atoms. The van der Waals surface area contributed by atoms with E-state index >= 15 is 0 Å². The van der Waals surface area contributed by atoms with Crippen LogP contribution in [-0.4, -0.2) is 6.19 Å². The highest BCUT2D eigenvalue weighted by Crippen LogP contribution is 1.54. The minimum Gasteiger partial charge on any atom is -0.313 e. The topological polar surface area (TPSA) is 23.9 Å². The Bertz CT molecular complexity index is 42.2. The molecule has 0 aromatic heterocycles. The predicted molar refractivity (Wildman–Crippen MR) is 19.1 cm³/mol. The Morgan fingerprint density at radius 3 is 2.75 bits per heavy atom. The third-order valence-electron chi connectivity index (χ3n) is 0.177. The summed E-state index contributed by atoms with van der Waals surface area (Å²) in [5, 5.41) is 6.41. The van der Waals surface area contributed by atoms with Crippen LogP contribution in [0.3, 0.4) is 0 Å². The van der Waals surface area contributed by atoms with E-state index in [1.165, 1.54) is 0 Å². The zero-order valence-corrected chi connectivity index (χ0v) is 2.71. The fourth-order valence-corrected chi connectivity index (χ4v) is 0. The molecular weight excluding hydrogens is 50.0 g/mol. The first kappa shape index (κ1) is 1.94. The lowest BCUT2D eigenvalue weighted by Gasteiger charge is -1.56. The van der Waals surface area contributed by atoms with Gasteiger partial charge >= 0.3 is 0 Å². The summed E-state index contributed by atoms with van der Waals surface area (Å²) in [5.74, 6) is 0. The van der Waals surface area contributed by atoms with E-state index in [0.29, 0.717) is 6.42 Å². The number of hydrogen-bond donors (Lipinski definition) is 1. The zero-order valence-electron chi connectivity index (χ0n) is 3.71. The number of rotatable bonds is 1. The van der Waals surface area contributed by atoms with Gasteiger partial charge in [-0.2, -0.15) is 0 Å². The Kier molecular flexibility index (Phi) is 1.30. The average molecular weight is 58.1 g/mol. The van der Waals surface area contributed by atoms with Crippen LogP contribution >= 0.6 is 0 Å². The summed E-state index contributed by atoms with van der Waals surface area (Å²) in [4.78, 5) is 0. The molecule has 4 heavy (non-hydrogen) atoms. The second-order valence-electron chi connectivity index (χ2n) is 0.530. The van der Waals surface area contributed by atoms with Gasteiger partial charge in [0.15, 0.2) is 0 Å². The van der Waals surface area contributed by atoms with E-state index in [1.807, 2.05) is 0 Å². The molecule has 0 aliphatic carbocycles. The van der Waals surface area contributed by atoms with Crippen LogP contribution in [0, 0.1) is 5.41 Å². The van der Waals surface area contributed by atoms with Gasteiger partial charge in [-0.25, -0.2) is 0 Å². The van der Waals surface area contributed by atoms with Gasteiger partial charge in [-0.05, 0) is 12.6 Å². The highest BCUT2D eigenvalue weighted by molar-refractivity contribution is 5.51. The lowest BCUT2D eigenvalue weighted by Crippen LogP contribution is -1.52. The van der Waals surface area contributed by atoms with Crippen molar-refractivity contribution in [2.24, 2.45) is 0 Å². The van der Waals surface area contributed by atoms with Gasteiger partial charge in [-0.3, -0.25) is 0 Å². The van der Waals surface area contributed by atoms with Crippen molar-refractivity contribution in [1.82, 2.24) is 0 Å². The molecule has 1 heteroatoms. The van der Waals surface area contributed by atoms with Gasteiger partial charge in [0, 0.05) is 0 Å². The van der Waals surface area contributed by atoms with Crippen molar-refractivity contribution in [1.29, 1.82) is 5.41 Å². The van der Waals surface area contributed by atoms with Crippen molar-refractivity contribution in [2.75, 3.05) is 0 Å². The first-order valence-electron chi connectivity index (χ1n) is 1.81. The Hall–Kier alpha value is -0.330. The van der Waals surface area contributed by atoms with Crippen molar-refractivity contribution < 1.29 is 1.37 Å². The van der Waals surface area contributed by atoms with Crippen LogP contribution in [0.15, 0.2) is 0 Å². The molecule has 0 amide bonds. The fraction of sp³-hybridized carbons (Fsp3) is 0.667. The van der Waals surface area contributed by atoms with E-state index in [-0.39, 0.29) is 6.19 Å². The summed E-state index contributed by atoms with van der Waals surface area (Å²) in [5.41, 5.74) is 0. The molecule has 0 fully saturated rings. The second-order valence-corrected chi connectivity index (χ2v) is 0.530. The molecule has 1 nitrogen and oxygen atoms in total. The SMILES string of the molecule is [2H]C(=N)CC. The molecule has 0 radical (unpaired) electrons. The van der Waals surface area contributed by atoms with Gasteiger partial charge in [-0.15, -0.1) is 0 Å². The molecule has 0 aliphatic rings. The third-order valence-corrected chi connectivity index (χ3v) is 0.177. The molecular formula is C3H7N. The van der Waals surface area contributed by atoms with Crippen molar-refractivity contribution in [3.05, 3.63) is 0 Å². The molecule has 0 aliphatic heterocycles. The smallest absolute Gasteiger partial charge is 0.0784 e. The normalized spacial score (nSPS) is 9.75. The molecule has 0 saturated heterocycles. The second kappa shape index (κ2) is 2.67. The maximum Gasteiger partial charge on any atom is 0.0784 e. The minimum atomic E-state index is 0.00463. The van der Waals surface area contributed by atoms with Crippen LogP contribution in [0.2, 0.25) is 0 Å². The molecule has 0 aromatic carbocycles. The maximum absolute atomic E-state index is 6.41. The zero-order chi connectivity index (χ0) is 4.28. The molecule has 24 valence electrons. The lowest BCUT2D eigenvalue weighted by molar-refractivity contribution is 1.30. The van der Waals surface area contributed by atoms with Gasteiger partial charge in [-0.1, -0.05) is 6.92 Å². The summed E-state index contributed by atoms with van der Waals surface area (Å²) >= 11 is 0. The predicted octanol–water partition coefficient (Wildman–Crippen LogP) is 1.05. The van der Waals surface area contributed by atoms with Crippen LogP contribution < -0.4 is 0 Å². The number of nitrogens with one attached hydrogen (secondary N) is 1. The van der Waals surface area contributed by atoms with Crippen molar-refractivity contribution in [2.45, 2.75) is 13.3 Å². The quantitative estimate of drug-likeness (QED) is 0.436. The Labute approximate surface area is 27.6 Å². The molecule has 0 atom stereocenters. The van der Waals surface area contributed by atoms with Crippen LogP contribution in [0.4, 0.5) is 0 Å². The first-order valence-corrected chi connectivity index (χ1v) is 1.31. The molecule has 0 bridgehead atoms. The Morgan fingerprint density at radius 2 is 2.75 bits per heavy atom. The highest BCUT2D eigenvalue weighted by Gasteiger charge is 1.47. The van der Waals surface area contributed by atoms with Crippen molar-refractivity contribution >= 4 is 6.19 Å². The summed E-state index contributed by atoms with van der Waals surface area (Å²) in [6.45, 7) is 1.79. The molecule has 0 saturated carbocycles. The third kappa shape index (κ3) is 1.67.